The molecule has 0 aliphatic carbocycles. The number of ether oxygens (including phenoxy) is 2. The second kappa shape index (κ2) is 4.59. The Hall–Kier alpha value is -1.00. The van der Waals surface area contributed by atoms with Crippen LogP contribution in [-0.2, 0) is 11.0 Å². The maximum Gasteiger partial charge on any atom is 0.231 e. The standard InChI is InChI=1S/C14H22O3Si/c1-14(2,3)18(4,5)17-9-11-6-7-12-13(8-11)16-10-15-12/h6-8H,9-10H2,1-5H3. The molecule has 1 aromatic carbocycles. The van der Waals surface area contributed by atoms with E-state index < -0.39 is 8.32 Å². The topological polar surface area (TPSA) is 27.7 Å². The van der Waals surface area contributed by atoms with Gasteiger partial charge in [-0.15, -0.1) is 0 Å². The van der Waals surface area contributed by atoms with Crippen LogP contribution in [0.1, 0.15) is 26.3 Å². The normalized spacial score (nSPS) is 14.9. The average Bonchev–Trinajstić information content (AvgIpc) is 2.71. The van der Waals surface area contributed by atoms with Crippen LogP contribution < -0.4 is 9.47 Å². The molecule has 0 fully saturated rings. The highest BCUT2D eigenvalue weighted by Crippen LogP contribution is 2.38. The molecule has 0 saturated carbocycles. The van der Waals surface area contributed by atoms with Crippen LogP contribution in [-0.4, -0.2) is 15.1 Å². The van der Waals surface area contributed by atoms with Crippen molar-refractivity contribution in [3.8, 4) is 11.5 Å². The second-order valence-corrected chi connectivity index (χ2v) is 11.0. The Morgan fingerprint density at radius 3 is 2.50 bits per heavy atom. The predicted molar refractivity (Wildman–Crippen MR) is 74.6 cm³/mol. The molecule has 0 bridgehead atoms. The molecular formula is C14H22O3Si. The van der Waals surface area contributed by atoms with E-state index in [-0.39, 0.29) is 5.04 Å². The van der Waals surface area contributed by atoms with Gasteiger partial charge >= 0.3 is 0 Å². The van der Waals surface area contributed by atoms with Crippen LogP contribution in [0.3, 0.4) is 0 Å². The van der Waals surface area contributed by atoms with Crippen molar-refractivity contribution in [3.05, 3.63) is 23.8 Å². The zero-order chi connectivity index (χ0) is 13.4. The van der Waals surface area contributed by atoms with E-state index in [9.17, 15) is 0 Å². The van der Waals surface area contributed by atoms with Gasteiger partial charge in [-0.2, -0.15) is 0 Å². The molecule has 4 heteroatoms. The largest absolute Gasteiger partial charge is 0.454 e. The smallest absolute Gasteiger partial charge is 0.231 e. The van der Waals surface area contributed by atoms with Gasteiger partial charge in [0.1, 0.15) is 0 Å². The van der Waals surface area contributed by atoms with Crippen LogP contribution in [0, 0.1) is 0 Å². The monoisotopic (exact) mass is 266 g/mol. The fraction of sp³-hybridized carbons (Fsp3) is 0.571. The predicted octanol–water partition coefficient (Wildman–Crippen LogP) is 3.94. The molecule has 1 aromatic rings. The lowest BCUT2D eigenvalue weighted by Gasteiger charge is -2.36. The van der Waals surface area contributed by atoms with Crippen LogP contribution >= 0.6 is 0 Å². The second-order valence-electron chi connectivity index (χ2n) is 6.24. The molecule has 1 aliphatic rings. The molecule has 0 N–H and O–H groups in total. The molecule has 3 nitrogen and oxygen atoms in total. The summed E-state index contributed by atoms with van der Waals surface area (Å²) in [5.41, 5.74) is 1.14. The SMILES string of the molecule is CC(C)(C)[Si](C)(C)OCc1ccc2c(c1)OCO2. The zero-order valence-corrected chi connectivity index (χ0v) is 12.9. The van der Waals surface area contributed by atoms with Gasteiger partial charge in [0.15, 0.2) is 19.8 Å². The first-order chi connectivity index (χ1) is 8.29. The number of rotatable bonds is 3. The fourth-order valence-electron chi connectivity index (χ4n) is 1.51. The zero-order valence-electron chi connectivity index (χ0n) is 11.9. The van der Waals surface area contributed by atoms with Gasteiger partial charge in [-0.25, -0.2) is 0 Å². The lowest BCUT2D eigenvalue weighted by Crippen LogP contribution is -2.40. The molecule has 0 radical (unpaired) electrons. The molecule has 0 saturated heterocycles. The van der Waals surface area contributed by atoms with E-state index in [0.717, 1.165) is 17.1 Å². The molecule has 1 aliphatic heterocycles. The summed E-state index contributed by atoms with van der Waals surface area (Å²) < 4.78 is 16.9. The summed E-state index contributed by atoms with van der Waals surface area (Å²) >= 11 is 0. The molecule has 0 atom stereocenters. The molecule has 0 aromatic heterocycles. The average molecular weight is 266 g/mol. The van der Waals surface area contributed by atoms with Crippen molar-refractivity contribution in [2.45, 2.75) is 45.5 Å². The van der Waals surface area contributed by atoms with Gasteiger partial charge in [-0.3, -0.25) is 0 Å². The summed E-state index contributed by atoms with van der Waals surface area (Å²) in [5.74, 6) is 1.65. The van der Waals surface area contributed by atoms with Gasteiger partial charge in [0.2, 0.25) is 6.79 Å². The van der Waals surface area contributed by atoms with E-state index in [0.29, 0.717) is 13.4 Å². The van der Waals surface area contributed by atoms with Crippen LogP contribution in [0.5, 0.6) is 11.5 Å². The highest BCUT2D eigenvalue weighted by molar-refractivity contribution is 6.74. The van der Waals surface area contributed by atoms with Gasteiger partial charge in [-0.1, -0.05) is 26.8 Å². The van der Waals surface area contributed by atoms with Crippen LogP contribution in [0.4, 0.5) is 0 Å². The maximum absolute atomic E-state index is 6.18. The molecule has 2 rings (SSSR count). The third kappa shape index (κ3) is 2.70. The van der Waals surface area contributed by atoms with Crippen molar-refractivity contribution in [3.63, 3.8) is 0 Å². The highest BCUT2D eigenvalue weighted by atomic mass is 28.4. The first-order valence-corrected chi connectivity index (χ1v) is 9.23. The highest BCUT2D eigenvalue weighted by Gasteiger charge is 2.37. The quantitative estimate of drug-likeness (QED) is 0.776. The Morgan fingerprint density at radius 2 is 1.83 bits per heavy atom. The molecule has 100 valence electrons. The lowest BCUT2D eigenvalue weighted by molar-refractivity contribution is 0.174. The van der Waals surface area contributed by atoms with Crippen LogP contribution in [0.2, 0.25) is 18.1 Å². The van der Waals surface area contributed by atoms with Crippen LogP contribution in [0.15, 0.2) is 18.2 Å². The Kier molecular flexibility index (Phi) is 3.42. The van der Waals surface area contributed by atoms with Crippen molar-refractivity contribution < 1.29 is 13.9 Å². The Morgan fingerprint density at radius 1 is 1.17 bits per heavy atom. The number of benzene rings is 1. The van der Waals surface area contributed by atoms with Gasteiger partial charge in [0.05, 0.1) is 6.61 Å². The van der Waals surface area contributed by atoms with E-state index in [1.54, 1.807) is 0 Å². The van der Waals surface area contributed by atoms with Crippen molar-refractivity contribution in [1.29, 1.82) is 0 Å². The van der Waals surface area contributed by atoms with Crippen LogP contribution in [0.25, 0.3) is 0 Å². The van der Waals surface area contributed by atoms with Crippen molar-refractivity contribution >= 4 is 8.32 Å². The maximum atomic E-state index is 6.18. The van der Waals surface area contributed by atoms with E-state index in [1.165, 1.54) is 0 Å². The van der Waals surface area contributed by atoms with Gasteiger partial charge in [0.25, 0.3) is 0 Å². The summed E-state index contributed by atoms with van der Waals surface area (Å²) in [5, 5.41) is 0.239. The van der Waals surface area contributed by atoms with Gasteiger partial charge in [-0.05, 0) is 35.8 Å². The van der Waals surface area contributed by atoms with E-state index in [1.807, 2.05) is 18.2 Å². The third-order valence-electron chi connectivity index (χ3n) is 3.84. The first-order valence-electron chi connectivity index (χ1n) is 6.32. The lowest BCUT2D eigenvalue weighted by atomic mass is 10.2. The number of hydrogen-bond donors (Lipinski definition) is 0. The Balaban J connectivity index is 2.03. The van der Waals surface area contributed by atoms with Gasteiger partial charge < -0.3 is 13.9 Å². The summed E-state index contributed by atoms with van der Waals surface area (Å²) in [6.07, 6.45) is 0. The van der Waals surface area contributed by atoms with Gasteiger partial charge in [0, 0.05) is 0 Å². The number of fused-ring (bicyclic) bond motifs is 1. The summed E-state index contributed by atoms with van der Waals surface area (Å²) in [6.45, 7) is 12.2. The molecule has 1 heterocycles. The molecule has 0 amide bonds. The third-order valence-corrected chi connectivity index (χ3v) is 8.32. The van der Waals surface area contributed by atoms with E-state index in [2.05, 4.69) is 33.9 Å². The minimum absolute atomic E-state index is 0.239. The van der Waals surface area contributed by atoms with Crippen molar-refractivity contribution in [1.82, 2.24) is 0 Å². The fourth-order valence-corrected chi connectivity index (χ4v) is 2.47. The Labute approximate surface area is 110 Å². The molecule has 0 unspecified atom stereocenters. The molecule has 0 spiro atoms. The molecular weight excluding hydrogens is 244 g/mol. The van der Waals surface area contributed by atoms with E-state index in [4.69, 9.17) is 13.9 Å². The summed E-state index contributed by atoms with van der Waals surface area (Å²) in [7, 11) is -1.69. The minimum Gasteiger partial charge on any atom is -0.454 e. The van der Waals surface area contributed by atoms with Crippen molar-refractivity contribution in [2.75, 3.05) is 6.79 Å². The Bertz CT molecular complexity index is 435. The number of hydrogen-bond acceptors (Lipinski definition) is 3. The minimum atomic E-state index is -1.69. The summed E-state index contributed by atoms with van der Waals surface area (Å²) in [6, 6.07) is 6.00. The molecule has 18 heavy (non-hydrogen) atoms. The van der Waals surface area contributed by atoms with Crippen molar-refractivity contribution in [2.24, 2.45) is 0 Å². The first kappa shape index (κ1) is 13.4. The summed E-state index contributed by atoms with van der Waals surface area (Å²) in [4.78, 5) is 0. The van der Waals surface area contributed by atoms with E-state index >= 15 is 0 Å².